The molecule has 6 nitrogen and oxygen atoms in total. The Morgan fingerprint density at radius 2 is 0.488 bits per heavy atom. The molecule has 0 amide bonds. The van der Waals surface area contributed by atoms with Crippen LogP contribution in [0.5, 0.6) is 0 Å². The second-order valence-electron chi connectivity index (χ2n) is 24.1. The van der Waals surface area contributed by atoms with Crippen LogP contribution in [0.1, 0.15) is 374 Å². The van der Waals surface area contributed by atoms with E-state index in [0.717, 1.165) is 77.0 Å². The number of rotatable bonds is 66. The fourth-order valence-corrected chi connectivity index (χ4v) is 10.6. The maximum atomic E-state index is 12.9. The van der Waals surface area contributed by atoms with Gasteiger partial charge >= 0.3 is 17.9 Å². The van der Waals surface area contributed by atoms with Gasteiger partial charge in [-0.25, -0.2) is 0 Å². The molecule has 0 aromatic heterocycles. The van der Waals surface area contributed by atoms with E-state index >= 15 is 0 Å². The molecule has 0 saturated heterocycles. The van der Waals surface area contributed by atoms with E-state index in [4.69, 9.17) is 14.2 Å². The number of ether oxygens (including phenoxy) is 3. The second kappa shape index (κ2) is 70.3. The number of hydrogen-bond donors (Lipinski definition) is 0. The number of allylic oxidation sites excluding steroid dienone is 12. The fraction of sp³-hybridized carbons (Fsp3) is 0.803. The van der Waals surface area contributed by atoms with Crippen molar-refractivity contribution < 1.29 is 28.6 Å². The van der Waals surface area contributed by atoms with E-state index in [0.29, 0.717) is 19.3 Å². The first-order valence-electron chi connectivity index (χ1n) is 35.9. The van der Waals surface area contributed by atoms with Crippen molar-refractivity contribution in [2.24, 2.45) is 0 Å². The van der Waals surface area contributed by atoms with Crippen LogP contribution in [-0.4, -0.2) is 37.2 Å². The summed E-state index contributed by atoms with van der Waals surface area (Å²) < 4.78 is 16.9. The van der Waals surface area contributed by atoms with Gasteiger partial charge in [0.1, 0.15) is 13.2 Å². The first-order valence-corrected chi connectivity index (χ1v) is 35.9. The van der Waals surface area contributed by atoms with Crippen LogP contribution in [0, 0.1) is 0 Å². The maximum absolute atomic E-state index is 12.9. The Morgan fingerprint density at radius 3 is 0.805 bits per heavy atom. The molecule has 1 unspecified atom stereocenters. The summed E-state index contributed by atoms with van der Waals surface area (Å²) in [6.07, 6.45) is 92.4. The summed E-state index contributed by atoms with van der Waals surface area (Å²) in [6.45, 7) is 6.53. The molecule has 82 heavy (non-hydrogen) atoms. The first kappa shape index (κ1) is 78.8. The summed E-state index contributed by atoms with van der Waals surface area (Å²) in [5, 5.41) is 0. The van der Waals surface area contributed by atoms with Gasteiger partial charge in [0.05, 0.1) is 0 Å². The SMILES string of the molecule is CC/C=C\C/C=C\C/C=C\C/C=C\C/C=C\CCCC(=O)OCC(COC(=O)CCCCCCCCCCCCCCCCCCCCCCCCCCCCCCC)OC(=O)CCCCCCCCC/C=C\CCCCCCCCC. The minimum atomic E-state index is -0.801. The van der Waals surface area contributed by atoms with Crippen LogP contribution < -0.4 is 0 Å². The van der Waals surface area contributed by atoms with E-state index in [2.05, 4.69) is 93.7 Å². The molecule has 6 heteroatoms. The van der Waals surface area contributed by atoms with E-state index in [1.165, 1.54) is 250 Å². The lowest BCUT2D eigenvalue weighted by atomic mass is 10.0. The van der Waals surface area contributed by atoms with E-state index < -0.39 is 6.10 Å². The topological polar surface area (TPSA) is 78.9 Å². The quantitative estimate of drug-likeness (QED) is 0.0261. The molecule has 0 fully saturated rings. The standard InChI is InChI=1S/C76H136O6/c1-4-7-10-13-16-19-22-25-28-31-33-34-35-36-37-38-39-40-41-42-43-46-48-51-54-57-60-63-66-69-75(78)81-72-73(71-80-74(77)68-65-62-59-56-53-50-47-44-30-27-24-21-18-15-12-9-6-3)82-76(79)70-67-64-61-58-55-52-49-45-32-29-26-23-20-17-14-11-8-5-2/h9,12,18,21,27,29-30,32,47,50,56,59,73H,4-8,10-11,13-17,19-20,22-26,28,31,33-46,48-49,51-55,57-58,60-72H2,1-3H3/b12-9-,21-18-,30-27-,32-29-,50-47-,59-56-. The molecule has 0 aromatic carbocycles. The number of carbonyl (C=O) groups excluding carboxylic acids is 3. The number of esters is 3. The predicted molar refractivity (Wildman–Crippen MR) is 358 cm³/mol. The molecule has 0 bridgehead atoms. The van der Waals surface area contributed by atoms with Gasteiger partial charge < -0.3 is 14.2 Å². The lowest BCUT2D eigenvalue weighted by Gasteiger charge is -2.18. The number of unbranched alkanes of at least 4 members (excludes halogenated alkanes) is 43. The zero-order chi connectivity index (χ0) is 59.2. The van der Waals surface area contributed by atoms with Gasteiger partial charge in [0.25, 0.3) is 0 Å². The number of hydrogen-bond acceptors (Lipinski definition) is 6. The molecule has 0 aromatic rings. The molecular formula is C76H136O6. The summed E-state index contributed by atoms with van der Waals surface area (Å²) in [7, 11) is 0. The highest BCUT2D eigenvalue weighted by atomic mass is 16.6. The molecule has 476 valence electrons. The van der Waals surface area contributed by atoms with E-state index in [1.54, 1.807) is 0 Å². The Hall–Kier alpha value is -3.15. The molecule has 0 aliphatic rings. The van der Waals surface area contributed by atoms with E-state index in [-0.39, 0.29) is 37.5 Å². The summed E-state index contributed by atoms with van der Waals surface area (Å²) >= 11 is 0. The molecule has 0 rings (SSSR count). The predicted octanol–water partition coefficient (Wildman–Crippen LogP) is 24.8. The Kier molecular flexibility index (Phi) is 67.6. The molecular weight excluding hydrogens is 1010 g/mol. The minimum Gasteiger partial charge on any atom is -0.462 e. The Labute approximate surface area is 510 Å². The van der Waals surface area contributed by atoms with E-state index in [9.17, 15) is 14.4 Å². The molecule has 0 aliphatic carbocycles. The van der Waals surface area contributed by atoms with Gasteiger partial charge in [-0.05, 0) is 83.5 Å². The van der Waals surface area contributed by atoms with Crippen molar-refractivity contribution in [2.45, 2.75) is 380 Å². The molecule has 0 aliphatic heterocycles. The molecule has 0 radical (unpaired) electrons. The van der Waals surface area contributed by atoms with E-state index in [1.807, 2.05) is 0 Å². The van der Waals surface area contributed by atoms with Crippen LogP contribution in [0.15, 0.2) is 72.9 Å². The normalized spacial score (nSPS) is 12.5. The molecule has 0 N–H and O–H groups in total. The average Bonchev–Trinajstić information content (AvgIpc) is 3.47. The zero-order valence-corrected chi connectivity index (χ0v) is 54.8. The smallest absolute Gasteiger partial charge is 0.306 e. The van der Waals surface area contributed by atoms with Gasteiger partial charge in [0, 0.05) is 19.3 Å². The van der Waals surface area contributed by atoms with Crippen LogP contribution in [0.25, 0.3) is 0 Å². The van der Waals surface area contributed by atoms with Gasteiger partial charge in [-0.1, -0.05) is 344 Å². The highest BCUT2D eigenvalue weighted by Crippen LogP contribution is 2.18. The number of carbonyl (C=O) groups is 3. The third-order valence-electron chi connectivity index (χ3n) is 15.9. The van der Waals surface area contributed by atoms with Gasteiger partial charge in [-0.15, -0.1) is 0 Å². The van der Waals surface area contributed by atoms with Crippen molar-refractivity contribution >= 4 is 17.9 Å². The minimum absolute atomic E-state index is 0.0915. The van der Waals surface area contributed by atoms with Crippen molar-refractivity contribution in [3.05, 3.63) is 72.9 Å². The average molecular weight is 1150 g/mol. The lowest BCUT2D eigenvalue weighted by molar-refractivity contribution is -0.167. The van der Waals surface area contributed by atoms with Crippen LogP contribution >= 0.6 is 0 Å². The van der Waals surface area contributed by atoms with Crippen molar-refractivity contribution in [2.75, 3.05) is 13.2 Å². The van der Waals surface area contributed by atoms with Crippen LogP contribution in [0.4, 0.5) is 0 Å². The Bertz CT molecular complexity index is 1500. The summed E-state index contributed by atoms with van der Waals surface area (Å²) in [5.74, 6) is -0.936. The zero-order valence-electron chi connectivity index (χ0n) is 54.8. The van der Waals surface area contributed by atoms with Crippen molar-refractivity contribution in [3.63, 3.8) is 0 Å². The molecule has 0 saturated carbocycles. The first-order chi connectivity index (χ1) is 40.5. The Balaban J connectivity index is 4.28. The summed E-state index contributed by atoms with van der Waals surface area (Å²) in [5.41, 5.74) is 0. The Morgan fingerprint density at radius 1 is 0.256 bits per heavy atom. The van der Waals surface area contributed by atoms with Crippen LogP contribution in [-0.2, 0) is 28.6 Å². The molecule has 0 heterocycles. The van der Waals surface area contributed by atoms with Gasteiger partial charge in [0.2, 0.25) is 0 Å². The monoisotopic (exact) mass is 1150 g/mol. The molecule has 0 spiro atoms. The third-order valence-corrected chi connectivity index (χ3v) is 15.9. The van der Waals surface area contributed by atoms with Crippen LogP contribution in [0.2, 0.25) is 0 Å². The molecule has 1 atom stereocenters. The summed E-state index contributed by atoms with van der Waals surface area (Å²) in [6, 6.07) is 0. The highest BCUT2D eigenvalue weighted by Gasteiger charge is 2.19. The van der Waals surface area contributed by atoms with Gasteiger partial charge in [-0.3, -0.25) is 14.4 Å². The largest absolute Gasteiger partial charge is 0.462 e. The second-order valence-corrected chi connectivity index (χ2v) is 24.1. The van der Waals surface area contributed by atoms with Crippen LogP contribution in [0.3, 0.4) is 0 Å². The van der Waals surface area contributed by atoms with Gasteiger partial charge in [-0.2, -0.15) is 0 Å². The van der Waals surface area contributed by atoms with Crippen molar-refractivity contribution in [1.82, 2.24) is 0 Å². The lowest BCUT2D eigenvalue weighted by Crippen LogP contribution is -2.30. The maximum Gasteiger partial charge on any atom is 0.306 e. The highest BCUT2D eigenvalue weighted by molar-refractivity contribution is 5.71. The van der Waals surface area contributed by atoms with Crippen molar-refractivity contribution in [3.8, 4) is 0 Å². The summed E-state index contributed by atoms with van der Waals surface area (Å²) in [4.78, 5) is 38.4. The fourth-order valence-electron chi connectivity index (χ4n) is 10.6. The van der Waals surface area contributed by atoms with Crippen molar-refractivity contribution in [1.29, 1.82) is 0 Å². The van der Waals surface area contributed by atoms with Gasteiger partial charge in [0.15, 0.2) is 6.10 Å². The third kappa shape index (κ3) is 67.6.